The van der Waals surface area contributed by atoms with E-state index in [0.29, 0.717) is 5.69 Å². The maximum atomic E-state index is 11.7. The number of nitrogens with one attached hydrogen (secondary N) is 2. The van der Waals surface area contributed by atoms with Crippen LogP contribution in [0.4, 0.5) is 11.6 Å². The first kappa shape index (κ1) is 13.1. The zero-order valence-electron chi connectivity index (χ0n) is 10.4. The number of anilines is 1. The lowest BCUT2D eigenvalue weighted by atomic mass is 10.2. The van der Waals surface area contributed by atoms with Crippen LogP contribution in [0.5, 0.6) is 0 Å². The van der Waals surface area contributed by atoms with Crippen LogP contribution in [0.15, 0.2) is 9.79 Å². The fourth-order valence-corrected chi connectivity index (χ4v) is 1.18. The van der Waals surface area contributed by atoms with Gasteiger partial charge in [0, 0.05) is 13.1 Å². The molecule has 0 saturated carbocycles. The van der Waals surface area contributed by atoms with Gasteiger partial charge < -0.3 is 0 Å². The first-order chi connectivity index (χ1) is 7.90. The normalized spacial score (nSPS) is 11.1. The highest BCUT2D eigenvalue weighted by Crippen LogP contribution is 2.11. The van der Waals surface area contributed by atoms with Crippen molar-refractivity contribution >= 4 is 23.8 Å². The molecule has 6 heteroatoms. The second kappa shape index (κ2) is 5.38. The van der Waals surface area contributed by atoms with Gasteiger partial charge in [-0.15, -0.1) is 0 Å². The minimum absolute atomic E-state index is 0.142. The van der Waals surface area contributed by atoms with Crippen molar-refractivity contribution in [3.8, 4) is 0 Å². The monoisotopic (exact) mass is 236 g/mol. The highest BCUT2D eigenvalue weighted by Gasteiger charge is 2.07. The van der Waals surface area contributed by atoms with E-state index in [-0.39, 0.29) is 29.0 Å². The van der Waals surface area contributed by atoms with E-state index in [1.165, 1.54) is 6.92 Å². The number of aromatic amines is 1. The highest BCUT2D eigenvalue weighted by atomic mass is 16.1. The van der Waals surface area contributed by atoms with Gasteiger partial charge in [-0.1, -0.05) is 13.8 Å². The maximum absolute atomic E-state index is 11.7. The lowest BCUT2D eigenvalue weighted by Gasteiger charge is -2.04. The minimum atomic E-state index is -0.363. The molecule has 1 rings (SSSR count). The summed E-state index contributed by atoms with van der Waals surface area (Å²) in [5, 5.41) is 2.42. The average Bonchev–Trinajstić information content (AvgIpc) is 2.14. The Bertz CT molecular complexity index is 503. The predicted octanol–water partition coefficient (Wildman–Crippen LogP) is 1.40. The molecule has 0 atom stereocenters. The van der Waals surface area contributed by atoms with E-state index in [4.69, 9.17) is 0 Å². The molecule has 0 bridgehead atoms. The van der Waals surface area contributed by atoms with Crippen molar-refractivity contribution < 1.29 is 4.79 Å². The number of hydrogen-bond acceptors (Lipinski definition) is 4. The fraction of sp³-hybridized carbons (Fsp3) is 0.455. The van der Waals surface area contributed by atoms with Crippen LogP contribution in [-0.4, -0.2) is 22.1 Å². The quantitative estimate of drug-likeness (QED) is 0.777. The summed E-state index contributed by atoms with van der Waals surface area (Å²) in [7, 11) is 0. The third-order valence-electron chi connectivity index (χ3n) is 1.87. The van der Waals surface area contributed by atoms with Crippen molar-refractivity contribution in [2.24, 2.45) is 10.9 Å². The van der Waals surface area contributed by atoms with Crippen molar-refractivity contribution in [3.05, 3.63) is 16.0 Å². The smallest absolute Gasteiger partial charge is 0.278 e. The van der Waals surface area contributed by atoms with Gasteiger partial charge in [-0.05, 0) is 12.8 Å². The zero-order valence-corrected chi connectivity index (χ0v) is 10.4. The number of aliphatic imine (C=N–C) groups is 1. The standard InChI is InChI=1S/C11H16N4O2/c1-6(2)5-12-9-7(3)13-11(14-8(4)16)15-10(9)17/h5-6H,1-4H3,(H2,13,14,15,16,17)/b12-5-. The van der Waals surface area contributed by atoms with E-state index in [2.05, 4.69) is 20.3 Å². The minimum Gasteiger partial charge on any atom is -0.296 e. The molecule has 17 heavy (non-hydrogen) atoms. The summed E-state index contributed by atoms with van der Waals surface area (Å²) >= 11 is 0. The molecular weight excluding hydrogens is 220 g/mol. The molecular formula is C11H16N4O2. The molecule has 6 nitrogen and oxygen atoms in total. The van der Waals surface area contributed by atoms with Crippen molar-refractivity contribution in [2.75, 3.05) is 5.32 Å². The van der Waals surface area contributed by atoms with Gasteiger partial charge in [0.25, 0.3) is 5.56 Å². The third-order valence-corrected chi connectivity index (χ3v) is 1.87. The van der Waals surface area contributed by atoms with E-state index in [9.17, 15) is 9.59 Å². The topological polar surface area (TPSA) is 87.2 Å². The van der Waals surface area contributed by atoms with E-state index in [0.717, 1.165) is 0 Å². The van der Waals surface area contributed by atoms with Gasteiger partial charge in [0.15, 0.2) is 0 Å². The lowest BCUT2D eigenvalue weighted by Crippen LogP contribution is -2.16. The van der Waals surface area contributed by atoms with Crippen molar-refractivity contribution in [2.45, 2.75) is 27.7 Å². The summed E-state index contributed by atoms with van der Waals surface area (Å²) in [5.41, 5.74) is 0.389. The van der Waals surface area contributed by atoms with Gasteiger partial charge in [-0.3, -0.25) is 24.9 Å². The van der Waals surface area contributed by atoms with Gasteiger partial charge in [-0.2, -0.15) is 0 Å². The number of nitrogens with zero attached hydrogens (tertiary/aromatic N) is 2. The molecule has 0 aromatic carbocycles. The fourth-order valence-electron chi connectivity index (χ4n) is 1.18. The molecule has 1 heterocycles. The van der Waals surface area contributed by atoms with Crippen LogP contribution >= 0.6 is 0 Å². The summed E-state index contributed by atoms with van der Waals surface area (Å²) < 4.78 is 0. The van der Waals surface area contributed by atoms with E-state index >= 15 is 0 Å². The second-order valence-corrected chi connectivity index (χ2v) is 4.05. The molecule has 1 amide bonds. The molecule has 0 aliphatic carbocycles. The number of H-pyrrole nitrogens is 1. The number of rotatable bonds is 3. The molecule has 0 unspecified atom stereocenters. The van der Waals surface area contributed by atoms with Crippen LogP contribution in [0.25, 0.3) is 0 Å². The van der Waals surface area contributed by atoms with Crippen LogP contribution in [-0.2, 0) is 4.79 Å². The predicted molar refractivity (Wildman–Crippen MR) is 66.9 cm³/mol. The van der Waals surface area contributed by atoms with E-state index in [1.54, 1.807) is 13.1 Å². The van der Waals surface area contributed by atoms with Crippen LogP contribution in [0, 0.1) is 12.8 Å². The van der Waals surface area contributed by atoms with Gasteiger partial charge in [0.05, 0.1) is 5.69 Å². The van der Waals surface area contributed by atoms with Gasteiger partial charge in [0.2, 0.25) is 11.9 Å². The molecule has 0 aliphatic rings. The number of aryl methyl sites for hydroxylation is 1. The summed E-state index contributed by atoms with van der Waals surface area (Å²) in [5.74, 6) is 0.110. The largest absolute Gasteiger partial charge is 0.296 e. The average molecular weight is 236 g/mol. The van der Waals surface area contributed by atoms with Crippen LogP contribution < -0.4 is 10.9 Å². The first-order valence-electron chi connectivity index (χ1n) is 5.33. The van der Waals surface area contributed by atoms with E-state index in [1.807, 2.05) is 13.8 Å². The Morgan fingerprint density at radius 3 is 2.65 bits per heavy atom. The Morgan fingerprint density at radius 1 is 1.53 bits per heavy atom. The Hall–Kier alpha value is -1.98. The third kappa shape index (κ3) is 3.82. The van der Waals surface area contributed by atoms with Gasteiger partial charge in [0.1, 0.15) is 5.69 Å². The Balaban J connectivity index is 3.11. The summed E-state index contributed by atoms with van der Waals surface area (Å²) in [6.07, 6.45) is 1.68. The molecule has 0 fully saturated rings. The van der Waals surface area contributed by atoms with Crippen LogP contribution in [0.3, 0.4) is 0 Å². The zero-order chi connectivity index (χ0) is 13.0. The number of amides is 1. The van der Waals surface area contributed by atoms with Gasteiger partial charge >= 0.3 is 0 Å². The molecule has 1 aromatic rings. The highest BCUT2D eigenvalue weighted by molar-refractivity contribution is 5.86. The second-order valence-electron chi connectivity index (χ2n) is 4.05. The van der Waals surface area contributed by atoms with Gasteiger partial charge in [-0.25, -0.2) is 4.98 Å². The number of aromatic nitrogens is 2. The molecule has 0 radical (unpaired) electrons. The molecule has 0 aliphatic heterocycles. The number of carbonyl (C=O) groups is 1. The SMILES string of the molecule is CC(=O)Nc1nc(C)c(/N=C\C(C)C)c(=O)[nH]1. The van der Waals surface area contributed by atoms with Crippen molar-refractivity contribution in [1.29, 1.82) is 0 Å². The summed E-state index contributed by atoms with van der Waals surface area (Å²) in [6.45, 7) is 6.95. The molecule has 0 spiro atoms. The summed E-state index contributed by atoms with van der Waals surface area (Å²) in [4.78, 5) is 33.1. The Kier molecular flexibility index (Phi) is 4.14. The molecule has 2 N–H and O–H groups in total. The summed E-state index contributed by atoms with van der Waals surface area (Å²) in [6, 6.07) is 0. The number of carbonyl (C=O) groups excluding carboxylic acids is 1. The van der Waals surface area contributed by atoms with E-state index < -0.39 is 0 Å². The van der Waals surface area contributed by atoms with Crippen LogP contribution in [0.1, 0.15) is 26.5 Å². The Labute approximate surface area is 99.2 Å². The first-order valence-corrected chi connectivity index (χ1v) is 5.33. The molecule has 1 aromatic heterocycles. The maximum Gasteiger partial charge on any atom is 0.278 e. The Morgan fingerprint density at radius 2 is 2.18 bits per heavy atom. The lowest BCUT2D eigenvalue weighted by molar-refractivity contribution is -0.114. The molecule has 92 valence electrons. The number of hydrogen-bond donors (Lipinski definition) is 2. The van der Waals surface area contributed by atoms with Crippen LogP contribution in [0.2, 0.25) is 0 Å². The molecule has 0 saturated heterocycles. The van der Waals surface area contributed by atoms with Crippen molar-refractivity contribution in [1.82, 2.24) is 9.97 Å². The van der Waals surface area contributed by atoms with Crippen molar-refractivity contribution in [3.63, 3.8) is 0 Å².